The number of amides is 1. The van der Waals surface area contributed by atoms with Crippen molar-refractivity contribution >= 4 is 5.91 Å². The van der Waals surface area contributed by atoms with E-state index in [0.717, 1.165) is 31.7 Å². The number of hydrogen-bond donors (Lipinski definition) is 0. The molecule has 1 aliphatic rings. The Morgan fingerprint density at radius 2 is 1.96 bits per heavy atom. The molecule has 1 unspecified atom stereocenters. The van der Waals surface area contributed by atoms with E-state index in [4.69, 9.17) is 4.74 Å². The number of rotatable bonds is 7. The molecular weight excluding hydrogens is 354 g/mol. The van der Waals surface area contributed by atoms with Gasteiger partial charge in [0.15, 0.2) is 0 Å². The first-order valence-corrected chi connectivity index (χ1v) is 10.2. The maximum Gasteiger partial charge on any atom is 0.274 e. The van der Waals surface area contributed by atoms with Crippen molar-refractivity contribution in [2.75, 3.05) is 19.7 Å². The molecule has 1 aromatic heterocycles. The quantitative estimate of drug-likeness (QED) is 0.735. The van der Waals surface area contributed by atoms with Crippen LogP contribution in [-0.2, 0) is 6.54 Å². The fourth-order valence-corrected chi connectivity index (χ4v) is 3.72. The summed E-state index contributed by atoms with van der Waals surface area (Å²) in [6.45, 7) is 4.35. The normalized spacial score (nSPS) is 17.2. The molecule has 150 valence electrons. The molecule has 28 heavy (non-hydrogen) atoms. The van der Waals surface area contributed by atoms with Crippen molar-refractivity contribution in [1.29, 1.82) is 0 Å². The lowest BCUT2D eigenvalue weighted by molar-refractivity contribution is 0.0750. The van der Waals surface area contributed by atoms with E-state index in [2.05, 4.69) is 12.0 Å². The Labute approximate surface area is 166 Å². The van der Waals surface area contributed by atoms with E-state index in [0.29, 0.717) is 24.8 Å². The lowest BCUT2D eigenvalue weighted by Crippen LogP contribution is -2.35. The van der Waals surface area contributed by atoms with Gasteiger partial charge in [0.25, 0.3) is 11.5 Å². The molecule has 2 aromatic rings. The van der Waals surface area contributed by atoms with E-state index >= 15 is 0 Å². The first-order chi connectivity index (χ1) is 13.7. The van der Waals surface area contributed by atoms with Crippen LogP contribution in [0, 0.1) is 5.92 Å². The highest BCUT2D eigenvalue weighted by Crippen LogP contribution is 2.22. The number of ether oxygens (including phenoxy) is 1. The molecule has 1 aliphatic heterocycles. The second-order valence-corrected chi connectivity index (χ2v) is 7.32. The van der Waals surface area contributed by atoms with Crippen LogP contribution in [0.5, 0.6) is 5.75 Å². The van der Waals surface area contributed by atoms with Gasteiger partial charge in [-0.1, -0.05) is 38.0 Å². The third-order valence-electron chi connectivity index (χ3n) is 5.23. The summed E-state index contributed by atoms with van der Waals surface area (Å²) in [6, 6.07) is 12.4. The lowest BCUT2D eigenvalue weighted by atomic mass is 9.96. The van der Waals surface area contributed by atoms with E-state index in [1.54, 1.807) is 0 Å². The molecule has 0 N–H and O–H groups in total. The van der Waals surface area contributed by atoms with Gasteiger partial charge in [0.2, 0.25) is 0 Å². The fraction of sp³-hybridized carbons (Fsp3) is 0.500. The number of hydrogen-bond acceptors (Lipinski definition) is 4. The predicted molar refractivity (Wildman–Crippen MR) is 109 cm³/mol. The fourth-order valence-electron chi connectivity index (χ4n) is 3.72. The summed E-state index contributed by atoms with van der Waals surface area (Å²) in [6.07, 6.45) is 5.68. The number of carbonyl (C=O) groups excluding carboxylic acids is 1. The zero-order valence-corrected chi connectivity index (χ0v) is 16.5. The summed E-state index contributed by atoms with van der Waals surface area (Å²) in [5.74, 6) is 1.36. The second kappa shape index (κ2) is 10.1. The number of benzene rings is 1. The molecule has 1 fully saturated rings. The number of carbonyl (C=O) groups is 1. The molecule has 3 rings (SSSR count). The van der Waals surface area contributed by atoms with Gasteiger partial charge in [0, 0.05) is 19.2 Å². The van der Waals surface area contributed by atoms with Crippen LogP contribution in [-0.4, -0.2) is 40.3 Å². The molecule has 1 atom stereocenters. The number of likely N-dealkylation sites (tertiary alicyclic amines) is 1. The average Bonchev–Trinajstić information content (AvgIpc) is 2.96. The van der Waals surface area contributed by atoms with Gasteiger partial charge in [-0.2, -0.15) is 5.10 Å². The minimum absolute atomic E-state index is 0.0881. The molecule has 0 saturated carbocycles. The summed E-state index contributed by atoms with van der Waals surface area (Å²) in [5, 5.41) is 4.30. The molecule has 6 heteroatoms. The Bertz CT molecular complexity index is 819. The van der Waals surface area contributed by atoms with Crippen molar-refractivity contribution in [3.8, 4) is 5.75 Å². The number of aromatic nitrogens is 2. The standard InChI is InChI=1S/C22H29N3O3/c1-2-7-18-8-6-14-24(15-13-18)22(27)20-11-12-21(26)25(23-20)16-17-28-19-9-4-3-5-10-19/h3-5,9-12,18H,2,6-8,13-17H2,1H3. The van der Waals surface area contributed by atoms with Gasteiger partial charge in [-0.25, -0.2) is 4.68 Å². The van der Waals surface area contributed by atoms with E-state index in [1.165, 1.54) is 36.1 Å². The zero-order chi connectivity index (χ0) is 19.8. The molecular formula is C22H29N3O3. The third kappa shape index (κ3) is 5.44. The topological polar surface area (TPSA) is 64.4 Å². The SMILES string of the molecule is CCCC1CCCN(C(=O)c2ccc(=O)n(CCOc3ccccc3)n2)CC1. The van der Waals surface area contributed by atoms with Crippen LogP contribution in [0.25, 0.3) is 0 Å². The lowest BCUT2D eigenvalue weighted by Gasteiger charge is -2.20. The Balaban J connectivity index is 1.61. The van der Waals surface area contributed by atoms with Gasteiger partial charge in [-0.3, -0.25) is 9.59 Å². The predicted octanol–water partition coefficient (Wildman–Crippen LogP) is 3.36. The monoisotopic (exact) mass is 383 g/mol. The maximum absolute atomic E-state index is 12.9. The van der Waals surface area contributed by atoms with Crippen LogP contribution < -0.4 is 10.3 Å². The molecule has 1 saturated heterocycles. The van der Waals surface area contributed by atoms with Gasteiger partial charge in [0.1, 0.15) is 18.1 Å². The van der Waals surface area contributed by atoms with E-state index in [1.807, 2.05) is 35.2 Å². The first-order valence-electron chi connectivity index (χ1n) is 10.2. The van der Waals surface area contributed by atoms with Crippen LogP contribution in [0.15, 0.2) is 47.3 Å². The largest absolute Gasteiger partial charge is 0.492 e. The Morgan fingerprint density at radius 3 is 2.75 bits per heavy atom. The smallest absolute Gasteiger partial charge is 0.274 e. The van der Waals surface area contributed by atoms with Gasteiger partial charge in [-0.15, -0.1) is 0 Å². The molecule has 1 aromatic carbocycles. The first kappa shape index (κ1) is 20.1. The molecule has 0 radical (unpaired) electrons. The van der Waals surface area contributed by atoms with E-state index in [9.17, 15) is 9.59 Å². The highest BCUT2D eigenvalue weighted by Gasteiger charge is 2.22. The van der Waals surface area contributed by atoms with Gasteiger partial charge in [-0.05, 0) is 43.4 Å². The van der Waals surface area contributed by atoms with Gasteiger partial charge >= 0.3 is 0 Å². The summed E-state index contributed by atoms with van der Waals surface area (Å²) in [7, 11) is 0. The average molecular weight is 383 g/mol. The molecule has 0 aliphatic carbocycles. The third-order valence-corrected chi connectivity index (χ3v) is 5.23. The molecule has 2 heterocycles. The van der Waals surface area contributed by atoms with Crippen molar-refractivity contribution in [2.45, 2.75) is 45.6 Å². The van der Waals surface area contributed by atoms with Crippen LogP contribution in [0.2, 0.25) is 0 Å². The summed E-state index contributed by atoms with van der Waals surface area (Å²) in [4.78, 5) is 26.9. The van der Waals surface area contributed by atoms with Crippen molar-refractivity contribution < 1.29 is 9.53 Å². The van der Waals surface area contributed by atoms with Crippen molar-refractivity contribution in [3.05, 3.63) is 58.5 Å². The summed E-state index contributed by atoms with van der Waals surface area (Å²) >= 11 is 0. The molecule has 1 amide bonds. The van der Waals surface area contributed by atoms with E-state index in [-0.39, 0.29) is 11.5 Å². The van der Waals surface area contributed by atoms with Crippen molar-refractivity contribution in [3.63, 3.8) is 0 Å². The molecule has 0 bridgehead atoms. The Hall–Kier alpha value is -2.63. The minimum atomic E-state index is -0.230. The Kier molecular flexibility index (Phi) is 7.23. The van der Waals surface area contributed by atoms with Gasteiger partial charge < -0.3 is 9.64 Å². The minimum Gasteiger partial charge on any atom is -0.492 e. The van der Waals surface area contributed by atoms with Crippen LogP contribution in [0.1, 0.15) is 49.5 Å². The van der Waals surface area contributed by atoms with Crippen molar-refractivity contribution in [2.24, 2.45) is 5.92 Å². The zero-order valence-electron chi connectivity index (χ0n) is 16.5. The maximum atomic E-state index is 12.9. The number of para-hydroxylation sites is 1. The van der Waals surface area contributed by atoms with Crippen molar-refractivity contribution in [1.82, 2.24) is 14.7 Å². The molecule has 6 nitrogen and oxygen atoms in total. The van der Waals surface area contributed by atoms with Crippen LogP contribution >= 0.6 is 0 Å². The highest BCUT2D eigenvalue weighted by atomic mass is 16.5. The summed E-state index contributed by atoms with van der Waals surface area (Å²) in [5.41, 5.74) is 0.0975. The van der Waals surface area contributed by atoms with Gasteiger partial charge in [0.05, 0.1) is 6.54 Å². The van der Waals surface area contributed by atoms with Crippen LogP contribution in [0.3, 0.4) is 0 Å². The van der Waals surface area contributed by atoms with E-state index < -0.39 is 0 Å². The highest BCUT2D eigenvalue weighted by molar-refractivity contribution is 5.92. The second-order valence-electron chi connectivity index (χ2n) is 7.32. The van der Waals surface area contributed by atoms with Crippen LogP contribution in [0.4, 0.5) is 0 Å². The molecule has 0 spiro atoms. The summed E-state index contributed by atoms with van der Waals surface area (Å²) < 4.78 is 6.95. The Morgan fingerprint density at radius 1 is 1.14 bits per heavy atom. The number of nitrogens with zero attached hydrogens (tertiary/aromatic N) is 3.